The lowest BCUT2D eigenvalue weighted by molar-refractivity contribution is -0.184. The minimum atomic E-state index is -1.45. The van der Waals surface area contributed by atoms with E-state index in [4.69, 9.17) is 32.7 Å². The fourth-order valence-electron chi connectivity index (χ4n) is 8.63. The van der Waals surface area contributed by atoms with E-state index in [9.17, 15) is 10.2 Å². The van der Waals surface area contributed by atoms with Crippen molar-refractivity contribution in [1.82, 2.24) is 15.0 Å². The lowest BCUT2D eigenvalue weighted by Crippen LogP contribution is -2.62. The molecular weight excluding hydrogens is 785 g/mol. The predicted molar refractivity (Wildman–Crippen MR) is 228 cm³/mol. The maximum atomic E-state index is 15.1. The molecule has 2 aliphatic carbocycles. The number of rotatable bonds is 7. The van der Waals surface area contributed by atoms with E-state index in [1.165, 1.54) is 0 Å². The SMILES string of the molecule is O=C(CCc1cccc2[nH]ccc12)N([C@H]1CCC[C@@](O)(C#Cc2cccc(Cl)c2)C1)N(C(=O)Cc1ccc2c(c1)OCO2)[C@H]1CCC[C@@](O)(C#Cc2cccc(Cl)c2)C1. The average Bonchev–Trinajstić information content (AvgIpc) is 3.91. The number of hydrazine groups is 1. The number of amides is 2. The number of aliphatic hydroxyl groups is 2. The van der Waals surface area contributed by atoms with Crippen LogP contribution in [0.25, 0.3) is 10.9 Å². The van der Waals surface area contributed by atoms with Gasteiger partial charge in [-0.25, -0.2) is 10.0 Å². The predicted octanol–water partition coefficient (Wildman–Crippen LogP) is 8.40. The number of nitrogens with zero attached hydrogens (tertiary/aromatic N) is 2. The van der Waals surface area contributed by atoms with Gasteiger partial charge in [0.25, 0.3) is 0 Å². The van der Waals surface area contributed by atoms with Crippen LogP contribution in [0.15, 0.2) is 97.2 Å². The van der Waals surface area contributed by atoms with Gasteiger partial charge in [0.05, 0.1) is 18.5 Å². The Morgan fingerprint density at radius 2 is 1.36 bits per heavy atom. The fraction of sp³-hybridized carbons (Fsp3) is 0.333. The third kappa shape index (κ3) is 9.57. The second kappa shape index (κ2) is 17.4. The molecule has 2 saturated carbocycles. The number of aryl methyl sites for hydroxylation is 1. The zero-order valence-corrected chi connectivity index (χ0v) is 34.1. The van der Waals surface area contributed by atoms with Crippen LogP contribution in [0, 0.1) is 23.7 Å². The lowest BCUT2D eigenvalue weighted by atomic mass is 9.80. The number of carbonyl (C=O) groups is 2. The van der Waals surface area contributed by atoms with Crippen LogP contribution < -0.4 is 9.47 Å². The molecule has 9 nitrogen and oxygen atoms in total. The first-order valence-corrected chi connectivity index (χ1v) is 20.9. The van der Waals surface area contributed by atoms with Crippen LogP contribution in [0.3, 0.4) is 0 Å². The molecule has 3 N–H and O–H groups in total. The van der Waals surface area contributed by atoms with Gasteiger partial charge < -0.3 is 24.7 Å². The second-order valence-corrected chi connectivity index (χ2v) is 16.7. The molecule has 0 bridgehead atoms. The van der Waals surface area contributed by atoms with Crippen molar-refractivity contribution in [2.75, 3.05) is 6.79 Å². The number of benzene rings is 4. The molecule has 302 valence electrons. The van der Waals surface area contributed by atoms with E-state index >= 15 is 9.59 Å². The summed E-state index contributed by atoms with van der Waals surface area (Å²) in [5.74, 6) is 13.0. The molecule has 2 amide bonds. The molecule has 2 heterocycles. The number of ether oxygens (including phenoxy) is 2. The smallest absolute Gasteiger partial charge is 0.245 e. The number of hydrogen-bond donors (Lipinski definition) is 3. The normalized spacial score (nSPS) is 22.1. The molecule has 4 aromatic carbocycles. The molecule has 1 aliphatic heterocycles. The van der Waals surface area contributed by atoms with Gasteiger partial charge in [-0.3, -0.25) is 9.59 Å². The summed E-state index contributed by atoms with van der Waals surface area (Å²) in [4.78, 5) is 33.4. The number of carbonyl (C=O) groups excluding carboxylic acids is 2. The summed E-state index contributed by atoms with van der Waals surface area (Å²) in [6.07, 6.45) is 5.63. The molecule has 11 heteroatoms. The third-order valence-electron chi connectivity index (χ3n) is 11.5. The zero-order valence-electron chi connectivity index (χ0n) is 32.6. The van der Waals surface area contributed by atoms with Crippen molar-refractivity contribution in [3.05, 3.63) is 129 Å². The van der Waals surface area contributed by atoms with Gasteiger partial charge in [-0.1, -0.05) is 77.2 Å². The number of H-pyrrole nitrogens is 1. The number of hydrogen-bond acceptors (Lipinski definition) is 6. The maximum absolute atomic E-state index is 15.1. The van der Waals surface area contributed by atoms with E-state index in [1.807, 2.05) is 54.7 Å². The number of aromatic nitrogens is 1. The van der Waals surface area contributed by atoms with Crippen molar-refractivity contribution in [2.24, 2.45) is 0 Å². The Bertz CT molecular complexity index is 2500. The van der Waals surface area contributed by atoms with Crippen molar-refractivity contribution in [3.8, 4) is 35.2 Å². The van der Waals surface area contributed by atoms with Crippen LogP contribution in [0.4, 0.5) is 0 Å². The molecule has 8 rings (SSSR count). The first kappa shape index (κ1) is 40.4. The minimum absolute atomic E-state index is 0.0439. The molecule has 59 heavy (non-hydrogen) atoms. The summed E-state index contributed by atoms with van der Waals surface area (Å²) in [5.41, 5.74) is 1.11. The van der Waals surface area contributed by atoms with Gasteiger partial charge in [0.2, 0.25) is 18.6 Å². The van der Waals surface area contributed by atoms with Crippen LogP contribution >= 0.6 is 23.2 Å². The van der Waals surface area contributed by atoms with E-state index in [-0.39, 0.29) is 44.3 Å². The van der Waals surface area contributed by atoms with Crippen LogP contribution in [-0.2, 0) is 22.4 Å². The summed E-state index contributed by atoms with van der Waals surface area (Å²) in [6.45, 7) is 0.0965. The van der Waals surface area contributed by atoms with Crippen molar-refractivity contribution in [1.29, 1.82) is 0 Å². The Labute approximate surface area is 354 Å². The largest absolute Gasteiger partial charge is 0.454 e. The summed E-state index contributed by atoms with van der Waals surface area (Å²) >= 11 is 12.5. The van der Waals surface area contributed by atoms with Gasteiger partial charge in [-0.15, -0.1) is 0 Å². The molecule has 0 spiro atoms. The van der Waals surface area contributed by atoms with Crippen LogP contribution in [-0.4, -0.2) is 67.1 Å². The summed E-state index contributed by atoms with van der Waals surface area (Å²) < 4.78 is 11.2. The number of aromatic amines is 1. The Morgan fingerprint density at radius 1 is 0.746 bits per heavy atom. The van der Waals surface area contributed by atoms with E-state index < -0.39 is 23.3 Å². The van der Waals surface area contributed by atoms with E-state index in [1.54, 1.807) is 52.5 Å². The lowest BCUT2D eigenvalue weighted by Gasteiger charge is -2.49. The zero-order chi connectivity index (χ0) is 41.0. The van der Waals surface area contributed by atoms with E-state index in [0.29, 0.717) is 83.2 Å². The van der Waals surface area contributed by atoms with E-state index in [2.05, 4.69) is 28.7 Å². The molecule has 2 fully saturated rings. The maximum Gasteiger partial charge on any atom is 0.245 e. The Hall–Kier alpha value is -5.42. The summed E-state index contributed by atoms with van der Waals surface area (Å²) in [5, 5.41) is 29.5. The molecule has 0 unspecified atom stereocenters. The van der Waals surface area contributed by atoms with Crippen molar-refractivity contribution < 1.29 is 29.3 Å². The Balaban J connectivity index is 1.17. The fourth-order valence-corrected chi connectivity index (χ4v) is 9.01. The molecular formula is C48H45Cl2N3O6. The molecule has 0 saturated heterocycles. The van der Waals surface area contributed by atoms with Gasteiger partial charge in [0.1, 0.15) is 11.2 Å². The molecule has 0 radical (unpaired) electrons. The monoisotopic (exact) mass is 829 g/mol. The molecule has 4 atom stereocenters. The Morgan fingerprint density at radius 3 is 2.00 bits per heavy atom. The highest BCUT2D eigenvalue weighted by Gasteiger charge is 2.45. The molecule has 3 aliphatic rings. The quantitative estimate of drug-likeness (QED) is 0.112. The van der Waals surface area contributed by atoms with E-state index in [0.717, 1.165) is 16.5 Å². The molecule has 1 aromatic heterocycles. The van der Waals surface area contributed by atoms with Gasteiger partial charge >= 0.3 is 0 Å². The minimum Gasteiger partial charge on any atom is -0.454 e. The van der Waals surface area contributed by atoms with Crippen LogP contribution in [0.2, 0.25) is 10.0 Å². The highest BCUT2D eigenvalue weighted by Crippen LogP contribution is 2.38. The summed E-state index contributed by atoms with van der Waals surface area (Å²) in [6, 6.07) is 26.5. The van der Waals surface area contributed by atoms with Gasteiger partial charge in [-0.05, 0) is 117 Å². The third-order valence-corrected chi connectivity index (χ3v) is 11.9. The Kier molecular flexibility index (Phi) is 11.9. The van der Waals surface area contributed by atoms with Crippen molar-refractivity contribution in [2.45, 2.75) is 93.9 Å². The van der Waals surface area contributed by atoms with Crippen molar-refractivity contribution in [3.63, 3.8) is 0 Å². The van der Waals surface area contributed by atoms with Gasteiger partial charge in [-0.2, -0.15) is 0 Å². The standard InChI is InChI=1S/C48H45Cl2N3O6/c49-37-9-1-6-33(26-37)18-23-47(56)21-4-11-39(30-47)52(45(54)17-15-36-8-3-13-42-41(36)20-25-51-42)53(46(55)29-35-14-16-43-44(28-35)59-32-58-43)40-12-5-22-48(57,31-40)24-19-34-7-2-10-38(50)27-34/h1-3,6-10,13-14,16,20,25-28,39-40,51,56-57H,4-5,11-12,15,17,21-22,29-32H2/t39-,40-,47+,48+/m0/s1. The average molecular weight is 831 g/mol. The van der Waals surface area contributed by atoms with Gasteiger partial charge in [0.15, 0.2) is 11.5 Å². The highest BCUT2D eigenvalue weighted by molar-refractivity contribution is 6.31. The number of nitrogens with one attached hydrogen (secondary N) is 1. The van der Waals surface area contributed by atoms with Crippen LogP contribution in [0.5, 0.6) is 11.5 Å². The molecule has 5 aromatic rings. The highest BCUT2D eigenvalue weighted by atomic mass is 35.5. The first-order valence-electron chi connectivity index (χ1n) is 20.1. The van der Waals surface area contributed by atoms with Crippen molar-refractivity contribution >= 4 is 45.9 Å². The first-order chi connectivity index (χ1) is 28.5. The summed E-state index contributed by atoms with van der Waals surface area (Å²) in [7, 11) is 0. The second-order valence-electron chi connectivity index (χ2n) is 15.8. The number of fused-ring (bicyclic) bond motifs is 2. The number of halogens is 2. The van der Waals surface area contributed by atoms with Gasteiger partial charge in [0, 0.05) is 57.5 Å². The topological polar surface area (TPSA) is 115 Å². The van der Waals surface area contributed by atoms with Crippen LogP contribution in [0.1, 0.15) is 80.0 Å².